The highest BCUT2D eigenvalue weighted by molar-refractivity contribution is 7.10. The Morgan fingerprint density at radius 2 is 2.10 bits per heavy atom. The lowest BCUT2D eigenvalue weighted by Crippen LogP contribution is -2.51. The average molecular weight is 312 g/mol. The monoisotopic (exact) mass is 312 g/mol. The van der Waals surface area contributed by atoms with Crippen molar-refractivity contribution in [3.63, 3.8) is 0 Å². The van der Waals surface area contributed by atoms with E-state index in [-0.39, 0.29) is 24.0 Å². The number of carboxylic acids is 1. The average Bonchev–Trinajstić information content (AvgIpc) is 2.86. The number of carbonyl (C=O) groups excluding carboxylic acids is 1. The molecular formula is C14H20N2O4S. The molecule has 0 aromatic carbocycles. The van der Waals surface area contributed by atoms with E-state index in [2.05, 4.69) is 4.98 Å². The number of ether oxygens (including phenoxy) is 1. The molecule has 21 heavy (non-hydrogen) atoms. The predicted octanol–water partition coefficient (Wildman–Crippen LogP) is 1.75. The van der Waals surface area contributed by atoms with Gasteiger partial charge < -0.3 is 14.7 Å². The molecule has 116 valence electrons. The van der Waals surface area contributed by atoms with Gasteiger partial charge in [0.1, 0.15) is 5.69 Å². The van der Waals surface area contributed by atoms with Crippen LogP contribution in [0.15, 0.2) is 5.38 Å². The minimum Gasteiger partial charge on any atom is -0.479 e. The van der Waals surface area contributed by atoms with E-state index in [0.29, 0.717) is 12.2 Å². The Morgan fingerprint density at radius 3 is 2.62 bits per heavy atom. The Balaban J connectivity index is 2.15. The predicted molar refractivity (Wildman–Crippen MR) is 78.7 cm³/mol. The van der Waals surface area contributed by atoms with Crippen molar-refractivity contribution in [1.82, 2.24) is 9.88 Å². The van der Waals surface area contributed by atoms with Gasteiger partial charge in [-0.25, -0.2) is 9.78 Å². The van der Waals surface area contributed by atoms with Gasteiger partial charge in [-0.05, 0) is 6.92 Å². The Labute approximate surface area is 127 Å². The van der Waals surface area contributed by atoms with Crippen LogP contribution in [0.5, 0.6) is 0 Å². The Bertz CT molecular complexity index is 549. The third-order valence-electron chi connectivity index (χ3n) is 3.19. The molecule has 2 atom stereocenters. The van der Waals surface area contributed by atoms with E-state index in [0.717, 1.165) is 5.01 Å². The Morgan fingerprint density at radius 1 is 1.43 bits per heavy atom. The lowest BCUT2D eigenvalue weighted by molar-refractivity contribution is -0.160. The second-order valence-corrected chi connectivity index (χ2v) is 7.13. The fraction of sp³-hybridized carbons (Fsp3) is 0.643. The number of nitrogens with zero attached hydrogens (tertiary/aromatic N) is 2. The van der Waals surface area contributed by atoms with Gasteiger partial charge in [-0.3, -0.25) is 4.79 Å². The summed E-state index contributed by atoms with van der Waals surface area (Å²) in [6.45, 7) is 8.31. The maximum absolute atomic E-state index is 12.5. The fourth-order valence-electron chi connectivity index (χ4n) is 2.13. The molecule has 0 radical (unpaired) electrons. The quantitative estimate of drug-likeness (QED) is 0.900. The highest BCUT2D eigenvalue weighted by Crippen LogP contribution is 2.26. The number of carboxylic acid groups (broad SMARTS) is 1. The number of aliphatic carboxylic acids is 1. The zero-order valence-electron chi connectivity index (χ0n) is 12.6. The summed E-state index contributed by atoms with van der Waals surface area (Å²) in [6, 6.07) is 0. The molecule has 1 saturated heterocycles. The van der Waals surface area contributed by atoms with Crippen LogP contribution in [-0.4, -0.2) is 52.2 Å². The van der Waals surface area contributed by atoms with Crippen LogP contribution in [0.25, 0.3) is 0 Å². The maximum Gasteiger partial charge on any atom is 0.334 e. The minimum atomic E-state index is -1.05. The van der Waals surface area contributed by atoms with Crippen molar-refractivity contribution >= 4 is 23.2 Å². The van der Waals surface area contributed by atoms with Gasteiger partial charge in [0.05, 0.1) is 17.7 Å². The number of hydrogen-bond acceptors (Lipinski definition) is 5. The van der Waals surface area contributed by atoms with Crippen LogP contribution in [0.4, 0.5) is 0 Å². The zero-order chi connectivity index (χ0) is 15.8. The molecular weight excluding hydrogens is 292 g/mol. The van der Waals surface area contributed by atoms with Crippen LogP contribution < -0.4 is 0 Å². The normalized spacial score (nSPS) is 23.1. The van der Waals surface area contributed by atoms with Gasteiger partial charge in [0, 0.05) is 17.3 Å². The summed E-state index contributed by atoms with van der Waals surface area (Å²) in [4.78, 5) is 29.4. The van der Waals surface area contributed by atoms with Gasteiger partial charge in [0.2, 0.25) is 0 Å². The molecule has 2 rings (SSSR count). The molecule has 0 unspecified atom stereocenters. The third kappa shape index (κ3) is 3.59. The smallest absolute Gasteiger partial charge is 0.334 e. The molecule has 1 amide bonds. The van der Waals surface area contributed by atoms with Gasteiger partial charge in [0.25, 0.3) is 5.91 Å². The van der Waals surface area contributed by atoms with E-state index in [1.165, 1.54) is 16.2 Å². The van der Waals surface area contributed by atoms with Crippen LogP contribution in [0.3, 0.4) is 0 Å². The molecule has 1 aromatic heterocycles. The van der Waals surface area contributed by atoms with Crippen LogP contribution in [0.2, 0.25) is 0 Å². The number of amides is 1. The van der Waals surface area contributed by atoms with E-state index in [1.54, 1.807) is 12.3 Å². The van der Waals surface area contributed by atoms with Gasteiger partial charge >= 0.3 is 5.97 Å². The summed E-state index contributed by atoms with van der Waals surface area (Å²) in [5.74, 6) is -1.28. The molecule has 0 bridgehead atoms. The molecule has 1 aliphatic heterocycles. The lowest BCUT2D eigenvalue weighted by Gasteiger charge is -2.34. The van der Waals surface area contributed by atoms with Gasteiger partial charge in [-0.1, -0.05) is 20.8 Å². The molecule has 1 fully saturated rings. The van der Waals surface area contributed by atoms with Crippen LogP contribution in [0, 0.1) is 0 Å². The number of rotatable bonds is 2. The van der Waals surface area contributed by atoms with Crippen molar-refractivity contribution in [3.8, 4) is 0 Å². The second-order valence-electron chi connectivity index (χ2n) is 6.27. The maximum atomic E-state index is 12.5. The second kappa shape index (κ2) is 5.73. The SMILES string of the molecule is C[C@@H]1CN(C(=O)c2csc(C(C)(C)C)n2)C[C@@H](C(=O)O)O1. The zero-order valence-corrected chi connectivity index (χ0v) is 13.4. The van der Waals surface area contributed by atoms with Crippen molar-refractivity contribution in [2.45, 2.75) is 45.3 Å². The molecule has 0 aliphatic carbocycles. The number of morpholine rings is 1. The first-order chi connectivity index (χ1) is 9.68. The van der Waals surface area contributed by atoms with Crippen LogP contribution in [-0.2, 0) is 14.9 Å². The fourth-order valence-corrected chi connectivity index (χ4v) is 3.01. The van der Waals surface area contributed by atoms with E-state index in [4.69, 9.17) is 9.84 Å². The van der Waals surface area contributed by atoms with Crippen molar-refractivity contribution in [2.75, 3.05) is 13.1 Å². The summed E-state index contributed by atoms with van der Waals surface area (Å²) >= 11 is 1.45. The van der Waals surface area contributed by atoms with E-state index >= 15 is 0 Å². The third-order valence-corrected chi connectivity index (χ3v) is 4.46. The topological polar surface area (TPSA) is 79.7 Å². The van der Waals surface area contributed by atoms with Crippen molar-refractivity contribution < 1.29 is 19.4 Å². The first-order valence-electron chi connectivity index (χ1n) is 6.82. The minimum absolute atomic E-state index is 0.0564. The van der Waals surface area contributed by atoms with Crippen molar-refractivity contribution in [2.24, 2.45) is 0 Å². The summed E-state index contributed by atoms with van der Waals surface area (Å²) < 4.78 is 5.31. The van der Waals surface area contributed by atoms with E-state index in [1.807, 2.05) is 20.8 Å². The summed E-state index contributed by atoms with van der Waals surface area (Å²) in [5.41, 5.74) is 0.272. The van der Waals surface area contributed by atoms with Crippen LogP contribution >= 0.6 is 11.3 Å². The number of carbonyl (C=O) groups is 2. The molecule has 0 saturated carbocycles. The molecule has 6 nitrogen and oxygen atoms in total. The standard InChI is InChI=1S/C14H20N2O4S/c1-8-5-16(6-10(20-8)12(18)19)11(17)9-7-21-13(15-9)14(2,3)4/h7-8,10H,5-6H2,1-4H3,(H,18,19)/t8-,10+/m1/s1. The molecule has 1 N–H and O–H groups in total. The van der Waals surface area contributed by atoms with Gasteiger partial charge in [0.15, 0.2) is 6.10 Å². The summed E-state index contributed by atoms with van der Waals surface area (Å²) in [6.07, 6.45) is -1.28. The highest BCUT2D eigenvalue weighted by atomic mass is 32.1. The summed E-state index contributed by atoms with van der Waals surface area (Å²) in [7, 11) is 0. The highest BCUT2D eigenvalue weighted by Gasteiger charge is 2.34. The molecule has 1 aromatic rings. The van der Waals surface area contributed by atoms with E-state index < -0.39 is 12.1 Å². The number of hydrogen-bond donors (Lipinski definition) is 1. The van der Waals surface area contributed by atoms with Crippen molar-refractivity contribution in [3.05, 3.63) is 16.1 Å². The first kappa shape index (κ1) is 15.9. The Kier molecular flexibility index (Phi) is 4.34. The number of aromatic nitrogens is 1. The molecule has 2 heterocycles. The van der Waals surface area contributed by atoms with Crippen molar-refractivity contribution in [1.29, 1.82) is 0 Å². The lowest BCUT2D eigenvalue weighted by atomic mass is 9.98. The summed E-state index contributed by atoms with van der Waals surface area (Å²) in [5, 5.41) is 11.7. The Hall–Kier alpha value is -1.47. The largest absolute Gasteiger partial charge is 0.479 e. The molecule has 1 aliphatic rings. The number of thiazole rings is 1. The van der Waals surface area contributed by atoms with E-state index in [9.17, 15) is 9.59 Å². The van der Waals surface area contributed by atoms with Gasteiger partial charge in [-0.15, -0.1) is 11.3 Å². The van der Waals surface area contributed by atoms with Crippen LogP contribution in [0.1, 0.15) is 43.2 Å². The molecule has 0 spiro atoms. The molecule has 7 heteroatoms. The van der Waals surface area contributed by atoms with Gasteiger partial charge in [-0.2, -0.15) is 0 Å². The first-order valence-corrected chi connectivity index (χ1v) is 7.70.